The molecule has 0 fully saturated rings. The number of rotatable bonds is 48. The number of carbonyl (C=O) groups is 7. The van der Waals surface area contributed by atoms with Crippen LogP contribution in [-0.2, 0) is 58.9 Å². The normalized spacial score (nSPS) is 12.2. The van der Waals surface area contributed by atoms with Gasteiger partial charge in [-0.15, -0.1) is 0 Å². The Morgan fingerprint density at radius 1 is 0.600 bits per heavy atom. The number of nitrogens with zero attached hydrogens (tertiary/aromatic N) is 1. The van der Waals surface area contributed by atoms with Crippen molar-refractivity contribution in [3.05, 3.63) is 18.2 Å². The standard InChI is InChI=1S/C48H83N5O12/c1-39(54)23-24-44(56)40(33-45(57)43(49)34-41-35-50-38-53-41)19-16-17-25-51-46(58)36-65-32-30-63-28-26-52-47(59)37-64-31-29-62-27-18-21-42(55)20-14-12-10-8-6-4-2-3-5-7-9-11-13-15-22-48(60)61/h35,38,40,43H,2-34,36-37,49H2,1H3,(H,50,53)(H,51,58)(H,52,59)(H,60,61)/t40-,43+/m1/s1. The molecule has 2 atom stereocenters. The molecule has 6 N–H and O–H groups in total. The molecule has 372 valence electrons. The fourth-order valence-corrected chi connectivity index (χ4v) is 7.12. The van der Waals surface area contributed by atoms with Crippen LogP contribution in [0.5, 0.6) is 0 Å². The Bertz CT molecular complexity index is 1430. The number of ether oxygens (including phenoxy) is 4. The number of H-pyrrole nitrogens is 1. The third kappa shape index (κ3) is 38.0. The third-order valence-corrected chi connectivity index (χ3v) is 11.0. The summed E-state index contributed by atoms with van der Waals surface area (Å²) in [7, 11) is 0. The van der Waals surface area contributed by atoms with Gasteiger partial charge in [-0.2, -0.15) is 0 Å². The predicted molar refractivity (Wildman–Crippen MR) is 247 cm³/mol. The molecule has 1 rings (SSSR count). The molecule has 0 aliphatic heterocycles. The van der Waals surface area contributed by atoms with Gasteiger partial charge in [-0.3, -0.25) is 28.8 Å². The molecule has 2 amide bonds. The number of aromatic amines is 1. The molecule has 0 aliphatic carbocycles. The number of carboxylic acids is 1. The minimum absolute atomic E-state index is 0.00574. The van der Waals surface area contributed by atoms with Crippen molar-refractivity contribution in [3.63, 3.8) is 0 Å². The fraction of sp³-hybridized carbons (Fsp3) is 0.792. The number of aliphatic carboxylic acids is 1. The first kappa shape index (κ1) is 59.1. The quantitative estimate of drug-likeness (QED) is 0.0475. The van der Waals surface area contributed by atoms with Crippen molar-refractivity contribution in [3.8, 4) is 0 Å². The van der Waals surface area contributed by atoms with Crippen molar-refractivity contribution in [1.82, 2.24) is 20.6 Å². The summed E-state index contributed by atoms with van der Waals surface area (Å²) in [5.74, 6) is -1.95. The topological polar surface area (TPSA) is 255 Å². The molecule has 1 aromatic rings. The number of amides is 2. The molecule has 1 aromatic heterocycles. The molecule has 0 radical (unpaired) electrons. The summed E-state index contributed by atoms with van der Waals surface area (Å²) in [5.41, 5.74) is 6.82. The van der Waals surface area contributed by atoms with Crippen molar-refractivity contribution in [1.29, 1.82) is 0 Å². The van der Waals surface area contributed by atoms with Gasteiger partial charge in [0, 0.05) is 82.5 Å². The first-order valence-corrected chi connectivity index (χ1v) is 24.3. The van der Waals surface area contributed by atoms with Gasteiger partial charge >= 0.3 is 5.97 Å². The molecule has 17 nitrogen and oxygen atoms in total. The van der Waals surface area contributed by atoms with Crippen LogP contribution in [0.1, 0.15) is 167 Å². The Morgan fingerprint density at radius 3 is 1.68 bits per heavy atom. The highest BCUT2D eigenvalue weighted by Crippen LogP contribution is 2.19. The van der Waals surface area contributed by atoms with Gasteiger partial charge in [-0.05, 0) is 39.0 Å². The summed E-state index contributed by atoms with van der Waals surface area (Å²) in [6.45, 7) is 3.69. The van der Waals surface area contributed by atoms with Crippen LogP contribution in [0.25, 0.3) is 0 Å². The lowest BCUT2D eigenvalue weighted by atomic mass is 9.87. The molecular formula is C48H83N5O12. The summed E-state index contributed by atoms with van der Waals surface area (Å²) in [5, 5.41) is 14.1. The Hall–Kier alpha value is -3.90. The maximum Gasteiger partial charge on any atom is 0.303 e. The average molecular weight is 922 g/mol. The first-order valence-electron chi connectivity index (χ1n) is 24.3. The minimum Gasteiger partial charge on any atom is -0.481 e. The van der Waals surface area contributed by atoms with Crippen LogP contribution < -0.4 is 16.4 Å². The zero-order valence-electron chi connectivity index (χ0n) is 39.5. The second-order valence-electron chi connectivity index (χ2n) is 16.9. The van der Waals surface area contributed by atoms with Gasteiger partial charge in [-0.1, -0.05) is 83.5 Å². The molecule has 0 aromatic carbocycles. The molecule has 0 aliphatic rings. The van der Waals surface area contributed by atoms with E-state index in [2.05, 4.69) is 20.6 Å². The molecule has 0 bridgehead atoms. The highest BCUT2D eigenvalue weighted by molar-refractivity contribution is 5.92. The fourth-order valence-electron chi connectivity index (χ4n) is 7.12. The molecule has 1 heterocycles. The van der Waals surface area contributed by atoms with Gasteiger partial charge in [-0.25, -0.2) is 4.98 Å². The maximum atomic E-state index is 12.8. The number of carbonyl (C=O) groups excluding carboxylic acids is 6. The Kier molecular flexibility index (Phi) is 37.8. The second kappa shape index (κ2) is 41.5. The van der Waals surface area contributed by atoms with Gasteiger partial charge < -0.3 is 50.2 Å². The number of aromatic nitrogens is 2. The van der Waals surface area contributed by atoms with Gasteiger partial charge in [0.05, 0.1) is 45.4 Å². The second-order valence-corrected chi connectivity index (χ2v) is 16.9. The van der Waals surface area contributed by atoms with Gasteiger partial charge in [0.25, 0.3) is 0 Å². The third-order valence-electron chi connectivity index (χ3n) is 11.0. The number of Topliss-reactive ketones (excluding diaryl/α,β-unsaturated/α-hetero) is 4. The van der Waals surface area contributed by atoms with E-state index in [4.69, 9.17) is 29.8 Å². The molecule has 0 saturated heterocycles. The summed E-state index contributed by atoms with van der Waals surface area (Å²) < 4.78 is 21.7. The van der Waals surface area contributed by atoms with Gasteiger partial charge in [0.1, 0.15) is 30.6 Å². The van der Waals surface area contributed by atoms with Gasteiger partial charge in [0.15, 0.2) is 5.78 Å². The van der Waals surface area contributed by atoms with E-state index in [1.807, 2.05) is 0 Å². The van der Waals surface area contributed by atoms with Crippen LogP contribution in [0.2, 0.25) is 0 Å². The number of nitrogens with two attached hydrogens (primary N) is 1. The van der Waals surface area contributed by atoms with Crippen LogP contribution in [-0.4, -0.2) is 128 Å². The zero-order valence-corrected chi connectivity index (χ0v) is 39.5. The van der Waals surface area contributed by atoms with E-state index in [1.54, 1.807) is 6.20 Å². The predicted octanol–water partition coefficient (Wildman–Crippen LogP) is 5.94. The number of carboxylic acid groups (broad SMARTS) is 1. The van der Waals surface area contributed by atoms with Crippen molar-refractivity contribution in [2.24, 2.45) is 11.7 Å². The monoisotopic (exact) mass is 922 g/mol. The van der Waals surface area contributed by atoms with Crippen molar-refractivity contribution >= 4 is 40.9 Å². The minimum atomic E-state index is -0.768. The molecule has 17 heteroatoms. The first-order chi connectivity index (χ1) is 31.5. The van der Waals surface area contributed by atoms with Crippen molar-refractivity contribution in [2.75, 3.05) is 65.9 Å². The Morgan fingerprint density at radius 2 is 1.12 bits per heavy atom. The number of unbranched alkanes of at least 4 members (excludes halogenated alkanes) is 14. The lowest BCUT2D eigenvalue weighted by Gasteiger charge is -2.17. The number of nitrogens with one attached hydrogen (secondary N) is 3. The van der Waals surface area contributed by atoms with E-state index in [0.717, 1.165) is 37.8 Å². The Balaban J connectivity index is 1.91. The molecular weight excluding hydrogens is 839 g/mol. The highest BCUT2D eigenvalue weighted by atomic mass is 16.5. The van der Waals surface area contributed by atoms with Gasteiger partial charge in [0.2, 0.25) is 11.8 Å². The lowest BCUT2D eigenvalue weighted by molar-refractivity contribution is -0.137. The molecule has 65 heavy (non-hydrogen) atoms. The largest absolute Gasteiger partial charge is 0.481 e. The van der Waals surface area contributed by atoms with E-state index in [0.29, 0.717) is 77.7 Å². The summed E-state index contributed by atoms with van der Waals surface area (Å²) in [4.78, 5) is 90.7. The van der Waals surface area contributed by atoms with Crippen LogP contribution in [0.3, 0.4) is 0 Å². The van der Waals surface area contributed by atoms with Crippen LogP contribution in [0.4, 0.5) is 0 Å². The zero-order chi connectivity index (χ0) is 47.6. The smallest absolute Gasteiger partial charge is 0.303 e. The maximum absolute atomic E-state index is 12.8. The number of hydrogen-bond donors (Lipinski definition) is 5. The van der Waals surface area contributed by atoms with E-state index in [-0.39, 0.29) is 93.9 Å². The van der Waals surface area contributed by atoms with E-state index >= 15 is 0 Å². The average Bonchev–Trinajstić information content (AvgIpc) is 3.79. The van der Waals surface area contributed by atoms with Crippen molar-refractivity contribution in [2.45, 2.75) is 173 Å². The number of imidazole rings is 1. The molecule has 0 saturated carbocycles. The van der Waals surface area contributed by atoms with E-state index in [1.165, 1.54) is 71.0 Å². The SMILES string of the molecule is CC(=O)CCC(=O)[C@H](CCCCNC(=O)COCCOCCNC(=O)COCCOCCCC(=O)CCCCCCCCCCCCCCCCC(=O)O)CC(=O)[C@@H](N)Cc1cnc[nH]1. The van der Waals surface area contributed by atoms with E-state index in [9.17, 15) is 33.6 Å². The number of ketones is 4. The highest BCUT2D eigenvalue weighted by Gasteiger charge is 2.25. The van der Waals surface area contributed by atoms with Crippen LogP contribution >= 0.6 is 0 Å². The number of hydrogen-bond acceptors (Lipinski definition) is 13. The lowest BCUT2D eigenvalue weighted by Crippen LogP contribution is -2.35. The summed E-state index contributed by atoms with van der Waals surface area (Å²) >= 11 is 0. The summed E-state index contributed by atoms with van der Waals surface area (Å²) in [6.07, 6.45) is 23.7. The van der Waals surface area contributed by atoms with Crippen molar-refractivity contribution < 1.29 is 57.6 Å². The van der Waals surface area contributed by atoms with Crippen LogP contribution in [0.15, 0.2) is 12.5 Å². The molecule has 0 unspecified atom stereocenters. The Labute approximate surface area is 387 Å². The molecule has 0 spiro atoms. The van der Waals surface area contributed by atoms with Crippen LogP contribution in [0, 0.1) is 5.92 Å². The summed E-state index contributed by atoms with van der Waals surface area (Å²) in [6, 6.07) is -0.768. The van der Waals surface area contributed by atoms with E-state index < -0.39 is 17.9 Å².